The molecule has 4 rings (SSSR count). The summed E-state index contributed by atoms with van der Waals surface area (Å²) < 4.78 is 35.6. The first-order valence-corrected chi connectivity index (χ1v) is 12.9. The maximum Gasteiger partial charge on any atom is 0.333 e. The lowest BCUT2D eigenvalue weighted by molar-refractivity contribution is -0.133. The molecule has 3 aromatic rings. The van der Waals surface area contributed by atoms with Gasteiger partial charge in [0.2, 0.25) is 10.0 Å². The molecule has 3 aromatic carbocycles. The molecule has 0 aromatic heterocycles. The molecule has 176 valence electrons. The van der Waals surface area contributed by atoms with Crippen molar-refractivity contribution in [2.24, 2.45) is 0 Å². The molecule has 0 saturated carbocycles. The molecular weight excluding hydrogens is 518 g/mol. The van der Waals surface area contributed by atoms with Crippen LogP contribution >= 0.6 is 15.9 Å². The summed E-state index contributed by atoms with van der Waals surface area (Å²) in [7, 11) is -2.51. The van der Waals surface area contributed by atoms with Gasteiger partial charge in [-0.3, -0.25) is 0 Å². The Morgan fingerprint density at radius 1 is 0.971 bits per heavy atom. The van der Waals surface area contributed by atoms with Gasteiger partial charge in [0, 0.05) is 4.47 Å². The fourth-order valence-corrected chi connectivity index (χ4v) is 6.24. The Hall–Kier alpha value is -2.94. The number of aryl methyl sites for hydroxylation is 1. The van der Waals surface area contributed by atoms with Crippen molar-refractivity contribution in [1.82, 2.24) is 4.31 Å². The third-order valence-corrected chi connectivity index (χ3v) is 8.36. The van der Waals surface area contributed by atoms with Crippen LogP contribution in [-0.4, -0.2) is 30.9 Å². The molecule has 0 radical (unpaired) electrons. The first-order chi connectivity index (χ1) is 16.2. The van der Waals surface area contributed by atoms with Gasteiger partial charge < -0.3 is 9.84 Å². The van der Waals surface area contributed by atoms with Crippen molar-refractivity contribution in [2.75, 3.05) is 7.11 Å². The Morgan fingerprint density at radius 3 is 2.12 bits per heavy atom. The highest BCUT2D eigenvalue weighted by atomic mass is 79.9. The number of halogens is 1. The van der Waals surface area contributed by atoms with Gasteiger partial charge >= 0.3 is 5.97 Å². The average Bonchev–Trinajstić information content (AvgIpc) is 2.84. The topological polar surface area (TPSA) is 83.9 Å². The highest BCUT2D eigenvalue weighted by Crippen LogP contribution is 2.46. The van der Waals surface area contributed by atoms with E-state index in [1.807, 2.05) is 19.1 Å². The summed E-state index contributed by atoms with van der Waals surface area (Å²) in [6.45, 7) is 1.88. The lowest BCUT2D eigenvalue weighted by Crippen LogP contribution is -2.42. The maximum atomic E-state index is 14.1. The Kier molecular flexibility index (Phi) is 6.93. The molecule has 0 amide bonds. The van der Waals surface area contributed by atoms with Crippen molar-refractivity contribution < 1.29 is 23.1 Å². The minimum Gasteiger partial charge on any atom is -0.497 e. The van der Waals surface area contributed by atoms with Gasteiger partial charge in [0.05, 0.1) is 29.7 Å². The minimum atomic E-state index is -4.08. The Morgan fingerprint density at radius 2 is 1.56 bits per heavy atom. The lowest BCUT2D eigenvalue weighted by atomic mass is 9.89. The largest absolute Gasteiger partial charge is 0.497 e. The molecule has 1 N–H and O–H groups in total. The number of benzene rings is 3. The van der Waals surface area contributed by atoms with E-state index in [4.69, 9.17) is 4.74 Å². The van der Waals surface area contributed by atoms with Crippen LogP contribution in [0.2, 0.25) is 0 Å². The number of aliphatic carboxylic acids is 1. The molecule has 0 fully saturated rings. The number of nitrogens with zero attached hydrogens (tertiary/aromatic N) is 1. The van der Waals surface area contributed by atoms with Crippen LogP contribution in [0.15, 0.2) is 93.8 Å². The third-order valence-electron chi connectivity index (χ3n) is 5.95. The van der Waals surface area contributed by atoms with Crippen LogP contribution in [0.4, 0.5) is 0 Å². The van der Waals surface area contributed by atoms with E-state index >= 15 is 0 Å². The molecule has 0 saturated heterocycles. The number of ether oxygens (including phenoxy) is 1. The SMILES string of the molecule is COc1ccc([C@@H]2CC=C(C(=O)O)[C@H](c3ccc(Br)cc3)N2S(=O)(=O)c2ccc(C)cc2)cc1. The molecular formula is C26H24BrNO5S. The second-order valence-corrected chi connectivity index (χ2v) is 10.9. The van der Waals surface area contributed by atoms with Gasteiger partial charge in [0.15, 0.2) is 0 Å². The highest BCUT2D eigenvalue weighted by molar-refractivity contribution is 9.10. The molecule has 0 unspecified atom stereocenters. The molecule has 1 aliphatic rings. The van der Waals surface area contributed by atoms with Crippen molar-refractivity contribution >= 4 is 31.9 Å². The van der Waals surface area contributed by atoms with E-state index in [1.54, 1.807) is 73.8 Å². The molecule has 1 aliphatic heterocycles. The Balaban J connectivity index is 1.94. The third kappa shape index (κ3) is 4.66. The summed E-state index contributed by atoms with van der Waals surface area (Å²) in [5, 5.41) is 10.0. The van der Waals surface area contributed by atoms with Gasteiger partial charge in [-0.05, 0) is 60.9 Å². The molecule has 0 aliphatic carbocycles. The molecule has 6 nitrogen and oxygen atoms in total. The van der Waals surface area contributed by atoms with Crippen LogP contribution in [0.3, 0.4) is 0 Å². The average molecular weight is 542 g/mol. The molecule has 2 atom stereocenters. The monoisotopic (exact) mass is 541 g/mol. The number of sulfonamides is 1. The highest BCUT2D eigenvalue weighted by Gasteiger charge is 2.44. The van der Waals surface area contributed by atoms with E-state index in [2.05, 4.69) is 15.9 Å². The number of hydrogen-bond donors (Lipinski definition) is 1. The molecule has 34 heavy (non-hydrogen) atoms. The molecule has 8 heteroatoms. The summed E-state index contributed by atoms with van der Waals surface area (Å²) in [4.78, 5) is 12.4. The van der Waals surface area contributed by atoms with Crippen LogP contribution in [0.25, 0.3) is 0 Å². The second kappa shape index (κ2) is 9.74. The van der Waals surface area contributed by atoms with Gasteiger partial charge in [-0.1, -0.05) is 64.0 Å². The van der Waals surface area contributed by atoms with Crippen LogP contribution in [-0.2, 0) is 14.8 Å². The van der Waals surface area contributed by atoms with E-state index in [1.165, 1.54) is 4.31 Å². The summed E-state index contributed by atoms with van der Waals surface area (Å²) in [6, 6.07) is 19.2. The lowest BCUT2D eigenvalue weighted by Gasteiger charge is -2.40. The smallest absolute Gasteiger partial charge is 0.333 e. The van der Waals surface area contributed by atoms with Crippen molar-refractivity contribution in [3.05, 3.63) is 106 Å². The molecule has 1 heterocycles. The number of carboxylic acids is 1. The number of carbonyl (C=O) groups is 1. The van der Waals surface area contributed by atoms with Crippen LogP contribution < -0.4 is 4.74 Å². The predicted octanol–water partition coefficient (Wildman–Crippen LogP) is 5.65. The van der Waals surface area contributed by atoms with Gasteiger partial charge in [-0.2, -0.15) is 4.31 Å². The zero-order chi connectivity index (χ0) is 24.5. The first-order valence-electron chi connectivity index (χ1n) is 10.7. The van der Waals surface area contributed by atoms with Crippen molar-refractivity contribution in [3.8, 4) is 5.75 Å². The second-order valence-electron chi connectivity index (χ2n) is 8.09. The quantitative estimate of drug-likeness (QED) is 0.435. The van der Waals surface area contributed by atoms with Crippen LogP contribution in [0.1, 0.15) is 35.2 Å². The summed E-state index contributed by atoms with van der Waals surface area (Å²) in [5.41, 5.74) is 2.28. The van der Waals surface area contributed by atoms with Crippen molar-refractivity contribution in [1.29, 1.82) is 0 Å². The van der Waals surface area contributed by atoms with E-state index in [9.17, 15) is 18.3 Å². The maximum absolute atomic E-state index is 14.1. The normalized spacial score (nSPS) is 18.9. The van der Waals surface area contributed by atoms with Gasteiger partial charge in [0.25, 0.3) is 0 Å². The standard InChI is InChI=1S/C26H24BrNO5S/c1-17-3-13-22(14-4-17)34(31,32)28-24(18-7-11-21(33-2)12-8-18)16-15-23(26(29)30)25(28)19-5-9-20(27)10-6-19/h3-15,24-25H,16H2,1-2H3,(H,29,30)/t24-,25-/m0/s1. The molecule has 0 bridgehead atoms. The van der Waals surface area contributed by atoms with Gasteiger partial charge in [-0.25, -0.2) is 13.2 Å². The van der Waals surface area contributed by atoms with Crippen molar-refractivity contribution in [3.63, 3.8) is 0 Å². The van der Waals surface area contributed by atoms with E-state index in [-0.39, 0.29) is 16.9 Å². The molecule has 0 spiro atoms. The van der Waals surface area contributed by atoms with E-state index in [0.717, 1.165) is 15.6 Å². The zero-order valence-corrected chi connectivity index (χ0v) is 21.1. The first kappa shape index (κ1) is 24.2. The Labute approximate surface area is 207 Å². The van der Waals surface area contributed by atoms with Crippen molar-refractivity contribution in [2.45, 2.75) is 30.3 Å². The number of rotatable bonds is 6. The minimum absolute atomic E-state index is 0.0303. The van der Waals surface area contributed by atoms with Crippen LogP contribution in [0.5, 0.6) is 5.75 Å². The fraction of sp³-hybridized carbons (Fsp3) is 0.192. The number of carboxylic acid groups (broad SMARTS) is 1. The zero-order valence-electron chi connectivity index (χ0n) is 18.7. The van der Waals surface area contributed by atoms with Crippen LogP contribution in [0, 0.1) is 6.92 Å². The fourth-order valence-electron chi connectivity index (χ4n) is 4.19. The summed E-state index contributed by atoms with van der Waals surface area (Å²) >= 11 is 3.40. The van der Waals surface area contributed by atoms with E-state index in [0.29, 0.717) is 11.3 Å². The number of methoxy groups -OCH3 is 1. The number of hydrogen-bond acceptors (Lipinski definition) is 4. The van der Waals surface area contributed by atoms with Gasteiger partial charge in [0.1, 0.15) is 5.75 Å². The van der Waals surface area contributed by atoms with E-state index < -0.39 is 28.1 Å². The summed E-state index contributed by atoms with van der Waals surface area (Å²) in [5.74, 6) is -0.496. The Bertz CT molecular complexity index is 1320. The predicted molar refractivity (Wildman–Crippen MR) is 133 cm³/mol. The van der Waals surface area contributed by atoms with Gasteiger partial charge in [-0.15, -0.1) is 0 Å². The summed E-state index contributed by atoms with van der Waals surface area (Å²) in [6.07, 6.45) is 1.86.